The van der Waals surface area contributed by atoms with Crippen LogP contribution in [-0.2, 0) is 21.0 Å². The molecule has 0 amide bonds. The normalized spacial score (nSPS) is 13.6. The average Bonchev–Trinajstić information content (AvgIpc) is 2.67. The summed E-state index contributed by atoms with van der Waals surface area (Å²) in [6.45, 7) is 1.23. The van der Waals surface area contributed by atoms with Gasteiger partial charge in [-0.2, -0.15) is 13.2 Å². The maximum Gasteiger partial charge on any atom is 0.433 e. The highest BCUT2D eigenvalue weighted by Crippen LogP contribution is 2.39. The number of carboxylic acid groups (broad SMARTS) is 1. The number of alkyl halides is 3. The number of nitrogen functional groups attached to an aromatic ring is 1. The lowest BCUT2D eigenvalue weighted by atomic mass is 10.2. The number of hydrogen-bond acceptors (Lipinski definition) is 6. The van der Waals surface area contributed by atoms with Crippen molar-refractivity contribution in [3.63, 3.8) is 0 Å². The molecule has 13 heteroatoms. The molecule has 0 spiro atoms. The average molecular weight is 451 g/mol. The highest BCUT2D eigenvalue weighted by molar-refractivity contribution is 7.92. The first-order valence-corrected chi connectivity index (χ1v) is 9.81. The lowest BCUT2D eigenvalue weighted by molar-refractivity contribution is -0.141. The summed E-state index contributed by atoms with van der Waals surface area (Å²) in [7, 11) is -4.40. The van der Waals surface area contributed by atoms with Crippen LogP contribution in [0.25, 0.3) is 0 Å². The number of fused-ring (bicyclic) bond motifs is 1. The molecule has 3 rings (SSSR count). The van der Waals surface area contributed by atoms with Crippen LogP contribution in [0.3, 0.4) is 0 Å². The molecule has 0 saturated heterocycles. The quantitative estimate of drug-likeness (QED) is 0.543. The van der Waals surface area contributed by atoms with Gasteiger partial charge in [0.2, 0.25) is 0 Å². The van der Waals surface area contributed by atoms with Gasteiger partial charge >= 0.3 is 12.1 Å². The van der Waals surface area contributed by atoms with E-state index in [4.69, 9.17) is 15.6 Å². The number of aliphatic carboxylic acids is 1. The van der Waals surface area contributed by atoms with E-state index in [0.29, 0.717) is 6.07 Å². The zero-order chi connectivity index (χ0) is 22.7. The Hall–Kier alpha value is -3.09. The Morgan fingerprint density at radius 3 is 2.53 bits per heavy atom. The van der Waals surface area contributed by atoms with Gasteiger partial charge in [-0.25, -0.2) is 12.8 Å². The number of pyridine rings is 1. The van der Waals surface area contributed by atoms with E-state index < -0.39 is 38.6 Å². The van der Waals surface area contributed by atoms with Crippen LogP contribution in [0, 0.1) is 5.82 Å². The second-order valence-electron chi connectivity index (χ2n) is 5.90. The van der Waals surface area contributed by atoms with Gasteiger partial charge in [0.15, 0.2) is 11.6 Å². The lowest BCUT2D eigenvalue weighted by Gasteiger charge is -2.30. The Labute approximate surface area is 168 Å². The molecule has 1 aliphatic rings. The molecule has 1 aliphatic heterocycles. The molecule has 30 heavy (non-hydrogen) atoms. The van der Waals surface area contributed by atoms with Crippen molar-refractivity contribution in [3.05, 3.63) is 42.0 Å². The summed E-state index contributed by atoms with van der Waals surface area (Å²) in [6, 6.07) is 3.50. The fourth-order valence-corrected chi connectivity index (χ4v) is 3.84. The summed E-state index contributed by atoms with van der Waals surface area (Å²) < 4.78 is 83.7. The maximum atomic E-state index is 13.9. The molecule has 0 atom stereocenters. The smallest absolute Gasteiger partial charge is 0.433 e. The standard InChI is InChI=1S/C14H11F4N3O3S.C3H6O2/c15-10-5-8(19)6-11-13(10)24-4-3-21(11)25(22,23)9-1-2-20-12(7-9)14(16,17)18;1-2-3(4)5/h1-2,5-7H,3-4,19H2;2H2,1H3,(H,4,5). The first-order valence-electron chi connectivity index (χ1n) is 8.37. The molecule has 8 nitrogen and oxygen atoms in total. The third-order valence-electron chi connectivity index (χ3n) is 3.77. The van der Waals surface area contributed by atoms with E-state index in [1.54, 1.807) is 6.92 Å². The topological polar surface area (TPSA) is 123 Å². The van der Waals surface area contributed by atoms with Gasteiger partial charge in [0, 0.05) is 24.4 Å². The van der Waals surface area contributed by atoms with E-state index in [9.17, 15) is 30.8 Å². The van der Waals surface area contributed by atoms with Gasteiger partial charge in [-0.15, -0.1) is 0 Å². The molecule has 2 aromatic rings. The second-order valence-corrected chi connectivity index (χ2v) is 7.76. The fraction of sp³-hybridized carbons (Fsp3) is 0.294. The van der Waals surface area contributed by atoms with Crippen LogP contribution in [0.15, 0.2) is 35.4 Å². The highest BCUT2D eigenvalue weighted by Gasteiger charge is 2.36. The van der Waals surface area contributed by atoms with Crippen molar-refractivity contribution in [2.45, 2.75) is 24.4 Å². The van der Waals surface area contributed by atoms with E-state index in [1.807, 2.05) is 0 Å². The van der Waals surface area contributed by atoms with Crippen LogP contribution in [0.4, 0.5) is 28.9 Å². The molecule has 0 saturated carbocycles. The number of aromatic nitrogens is 1. The molecule has 1 aromatic heterocycles. The van der Waals surface area contributed by atoms with Crippen molar-refractivity contribution < 1.29 is 40.6 Å². The van der Waals surface area contributed by atoms with Crippen molar-refractivity contribution in [1.29, 1.82) is 0 Å². The van der Waals surface area contributed by atoms with Crippen molar-refractivity contribution in [1.82, 2.24) is 4.98 Å². The Morgan fingerprint density at radius 1 is 1.33 bits per heavy atom. The van der Waals surface area contributed by atoms with E-state index in [2.05, 4.69) is 4.98 Å². The van der Waals surface area contributed by atoms with Crippen LogP contribution in [0.1, 0.15) is 19.0 Å². The van der Waals surface area contributed by atoms with Gasteiger partial charge in [-0.05, 0) is 18.2 Å². The van der Waals surface area contributed by atoms with Gasteiger partial charge in [-0.1, -0.05) is 6.92 Å². The van der Waals surface area contributed by atoms with Crippen LogP contribution in [-0.4, -0.2) is 37.6 Å². The minimum absolute atomic E-state index is 0.0485. The molecule has 0 unspecified atom stereocenters. The summed E-state index contributed by atoms with van der Waals surface area (Å²) >= 11 is 0. The van der Waals surface area contributed by atoms with Gasteiger partial charge in [0.05, 0.1) is 17.1 Å². The Balaban J connectivity index is 0.000000575. The van der Waals surface area contributed by atoms with Gasteiger partial charge in [-0.3, -0.25) is 14.1 Å². The summed E-state index contributed by atoms with van der Waals surface area (Å²) in [6.07, 6.45) is -3.83. The molecule has 0 bridgehead atoms. The summed E-state index contributed by atoms with van der Waals surface area (Å²) in [5.41, 5.74) is 3.97. The minimum atomic E-state index is -4.80. The lowest BCUT2D eigenvalue weighted by Crippen LogP contribution is -2.38. The Morgan fingerprint density at radius 2 is 1.97 bits per heavy atom. The van der Waals surface area contributed by atoms with Crippen molar-refractivity contribution in [2.24, 2.45) is 0 Å². The van der Waals surface area contributed by atoms with Crippen molar-refractivity contribution >= 4 is 27.4 Å². The predicted octanol–water partition coefficient (Wildman–Crippen LogP) is 2.89. The van der Waals surface area contributed by atoms with Gasteiger partial charge < -0.3 is 15.6 Å². The molecule has 2 heterocycles. The predicted molar refractivity (Wildman–Crippen MR) is 98.0 cm³/mol. The monoisotopic (exact) mass is 451 g/mol. The molecule has 0 radical (unpaired) electrons. The summed E-state index contributed by atoms with van der Waals surface area (Å²) in [5.74, 6) is -1.93. The molecule has 0 aliphatic carbocycles. The van der Waals surface area contributed by atoms with Gasteiger partial charge in [0.1, 0.15) is 12.3 Å². The fourth-order valence-electron chi connectivity index (χ4n) is 2.38. The molecular weight excluding hydrogens is 434 g/mol. The first kappa shape index (κ1) is 23.2. The van der Waals surface area contributed by atoms with Crippen LogP contribution < -0.4 is 14.8 Å². The third-order valence-corrected chi connectivity index (χ3v) is 5.58. The van der Waals surface area contributed by atoms with E-state index in [0.717, 1.165) is 22.6 Å². The molecular formula is C17H17F4N3O5S. The number of benzene rings is 1. The highest BCUT2D eigenvalue weighted by atomic mass is 32.2. The number of halogens is 4. The first-order chi connectivity index (χ1) is 13.9. The molecule has 0 fully saturated rings. The van der Waals surface area contributed by atoms with E-state index in [1.165, 1.54) is 6.07 Å². The van der Waals surface area contributed by atoms with Crippen molar-refractivity contribution in [2.75, 3.05) is 23.2 Å². The SMILES string of the molecule is CCC(=O)O.Nc1cc(F)c2c(c1)N(S(=O)(=O)c1ccnc(C(F)(F)F)c1)CCO2. The van der Waals surface area contributed by atoms with Crippen LogP contribution in [0.2, 0.25) is 0 Å². The number of nitrogens with two attached hydrogens (primary N) is 1. The Bertz CT molecular complexity index is 1040. The number of rotatable bonds is 3. The summed E-state index contributed by atoms with van der Waals surface area (Å²) in [5, 5.41) is 7.72. The number of anilines is 2. The van der Waals surface area contributed by atoms with Gasteiger partial charge in [0.25, 0.3) is 10.0 Å². The minimum Gasteiger partial charge on any atom is -0.486 e. The third kappa shape index (κ3) is 5.09. The zero-order valence-corrected chi connectivity index (χ0v) is 16.3. The zero-order valence-electron chi connectivity index (χ0n) is 15.5. The number of ether oxygens (including phenoxy) is 1. The molecule has 3 N–H and O–H groups in total. The van der Waals surface area contributed by atoms with E-state index in [-0.39, 0.29) is 36.7 Å². The van der Waals surface area contributed by atoms with E-state index >= 15 is 0 Å². The maximum absolute atomic E-state index is 13.9. The number of sulfonamides is 1. The van der Waals surface area contributed by atoms with Crippen LogP contribution >= 0.6 is 0 Å². The van der Waals surface area contributed by atoms with Crippen LogP contribution in [0.5, 0.6) is 5.75 Å². The largest absolute Gasteiger partial charge is 0.486 e. The number of carbonyl (C=O) groups is 1. The Kier molecular flexibility index (Phi) is 6.75. The molecule has 1 aromatic carbocycles. The number of nitrogens with zero attached hydrogens (tertiary/aromatic N) is 2. The number of carboxylic acids is 1. The second kappa shape index (κ2) is 8.73. The summed E-state index contributed by atoms with van der Waals surface area (Å²) in [4.78, 5) is 11.9. The molecule has 164 valence electrons. The number of hydrogen-bond donors (Lipinski definition) is 2. The van der Waals surface area contributed by atoms with Crippen molar-refractivity contribution in [3.8, 4) is 5.75 Å².